The number of nitrogens with zero attached hydrogens (tertiary/aromatic N) is 5. The van der Waals surface area contributed by atoms with Crippen LogP contribution < -0.4 is 10.7 Å². The van der Waals surface area contributed by atoms with Crippen LogP contribution in [0.4, 0.5) is 5.95 Å². The second-order valence-corrected chi connectivity index (χ2v) is 8.76. The molecular weight excluding hydrogens is 434 g/mol. The van der Waals surface area contributed by atoms with Crippen LogP contribution in [0.1, 0.15) is 28.2 Å². The summed E-state index contributed by atoms with van der Waals surface area (Å²) in [5.41, 5.74) is 5.20. The van der Waals surface area contributed by atoms with Gasteiger partial charge in [-0.25, -0.2) is 14.5 Å². The Bertz CT molecular complexity index is 1350. The highest BCUT2D eigenvalue weighted by Gasteiger charge is 2.32. The number of aromatic nitrogens is 3. The fourth-order valence-electron chi connectivity index (χ4n) is 4.13. The Morgan fingerprint density at radius 3 is 2.36 bits per heavy atom. The number of rotatable bonds is 5. The topological polar surface area (TPSA) is 55.4 Å². The minimum atomic E-state index is -0.185. The summed E-state index contributed by atoms with van der Waals surface area (Å²) in [6, 6.07) is 26.2. The van der Waals surface area contributed by atoms with Crippen molar-refractivity contribution in [3.63, 3.8) is 0 Å². The first kappa shape index (κ1) is 21.2. The highest BCUT2D eigenvalue weighted by atomic mass is 35.5. The summed E-state index contributed by atoms with van der Waals surface area (Å²) in [6.07, 6.45) is 0. The van der Waals surface area contributed by atoms with Crippen molar-refractivity contribution < 1.29 is 0 Å². The number of hydrogen-bond acceptors (Lipinski definition) is 4. The van der Waals surface area contributed by atoms with E-state index in [0.717, 1.165) is 16.8 Å². The summed E-state index contributed by atoms with van der Waals surface area (Å²) in [7, 11) is 1.74. The first-order chi connectivity index (χ1) is 16.0. The van der Waals surface area contributed by atoms with E-state index in [1.165, 1.54) is 15.8 Å². The zero-order valence-electron chi connectivity index (χ0n) is 18.5. The third-order valence-corrected chi connectivity index (χ3v) is 6.21. The van der Waals surface area contributed by atoms with Crippen molar-refractivity contribution in [3.05, 3.63) is 117 Å². The van der Waals surface area contributed by atoms with E-state index in [2.05, 4.69) is 48.4 Å². The third-order valence-electron chi connectivity index (χ3n) is 5.96. The van der Waals surface area contributed by atoms with E-state index in [9.17, 15) is 4.79 Å². The summed E-state index contributed by atoms with van der Waals surface area (Å²) in [6.45, 7) is 3.05. The molecule has 1 aliphatic heterocycles. The highest BCUT2D eigenvalue weighted by Crippen LogP contribution is 2.31. The van der Waals surface area contributed by atoms with Gasteiger partial charge in [-0.15, -0.1) is 5.10 Å². The smallest absolute Gasteiger partial charge is 0.263 e. The maximum atomic E-state index is 12.9. The van der Waals surface area contributed by atoms with Crippen LogP contribution in [0.3, 0.4) is 0 Å². The van der Waals surface area contributed by atoms with Crippen molar-refractivity contribution in [2.24, 2.45) is 12.1 Å². The Labute approximate surface area is 197 Å². The molecule has 0 aliphatic carbocycles. The summed E-state index contributed by atoms with van der Waals surface area (Å²) < 4.78 is 3.02. The molecule has 4 aromatic rings. The highest BCUT2D eigenvalue weighted by molar-refractivity contribution is 6.30. The van der Waals surface area contributed by atoms with Crippen molar-refractivity contribution in [2.75, 3.05) is 11.6 Å². The largest absolute Gasteiger partial charge is 0.347 e. The van der Waals surface area contributed by atoms with Gasteiger partial charge in [0.1, 0.15) is 0 Å². The number of anilines is 1. The molecule has 0 saturated carbocycles. The molecule has 0 fully saturated rings. The maximum Gasteiger partial charge on any atom is 0.347 e. The first-order valence-corrected chi connectivity index (χ1v) is 11.2. The lowest BCUT2D eigenvalue weighted by molar-refractivity contribution is 0.646. The van der Waals surface area contributed by atoms with Gasteiger partial charge in [-0.05, 0) is 35.7 Å². The van der Waals surface area contributed by atoms with Crippen molar-refractivity contribution in [1.82, 2.24) is 14.3 Å². The zero-order valence-corrected chi connectivity index (χ0v) is 19.3. The predicted molar refractivity (Wildman–Crippen MR) is 132 cm³/mol. The lowest BCUT2D eigenvalue weighted by Crippen LogP contribution is -2.25. The molecule has 0 unspecified atom stereocenters. The van der Waals surface area contributed by atoms with Crippen LogP contribution in [0.2, 0.25) is 5.02 Å². The molecule has 0 amide bonds. The van der Waals surface area contributed by atoms with Crippen LogP contribution in [-0.2, 0) is 13.6 Å². The predicted octanol–water partition coefficient (Wildman–Crippen LogP) is 4.60. The van der Waals surface area contributed by atoms with Gasteiger partial charge < -0.3 is 0 Å². The molecule has 33 heavy (non-hydrogen) atoms. The molecule has 6 nitrogen and oxygen atoms in total. The Morgan fingerprint density at radius 1 is 0.970 bits per heavy atom. The molecule has 1 aliphatic rings. The number of aryl methyl sites for hydroxylation is 1. The zero-order chi connectivity index (χ0) is 22.9. The maximum absolute atomic E-state index is 12.9. The van der Waals surface area contributed by atoms with Crippen LogP contribution in [0.15, 0.2) is 88.8 Å². The number of benzene rings is 3. The lowest BCUT2D eigenvalue weighted by atomic mass is 9.90. The van der Waals surface area contributed by atoms with Gasteiger partial charge in [0.15, 0.2) is 0 Å². The van der Waals surface area contributed by atoms with Gasteiger partial charge in [0.2, 0.25) is 5.95 Å². The molecule has 0 spiro atoms. The molecule has 3 aromatic carbocycles. The minimum Gasteiger partial charge on any atom is -0.263 e. The molecule has 2 heterocycles. The van der Waals surface area contributed by atoms with Gasteiger partial charge in [0.25, 0.3) is 0 Å². The average Bonchev–Trinajstić information content (AvgIpc) is 3.39. The van der Waals surface area contributed by atoms with Crippen molar-refractivity contribution in [1.29, 1.82) is 0 Å². The van der Waals surface area contributed by atoms with E-state index >= 15 is 0 Å². The van der Waals surface area contributed by atoms with Crippen molar-refractivity contribution in [3.8, 4) is 0 Å². The molecular formula is C26H24ClN5O. The summed E-state index contributed by atoms with van der Waals surface area (Å²) >= 11 is 5.99. The van der Waals surface area contributed by atoms with Gasteiger partial charge in [0.05, 0.1) is 18.8 Å². The Morgan fingerprint density at radius 2 is 1.67 bits per heavy atom. The second kappa shape index (κ2) is 8.71. The van der Waals surface area contributed by atoms with Gasteiger partial charge in [-0.1, -0.05) is 83.9 Å². The van der Waals surface area contributed by atoms with Crippen molar-refractivity contribution in [2.45, 2.75) is 19.4 Å². The second-order valence-electron chi connectivity index (χ2n) is 8.32. The van der Waals surface area contributed by atoms with Crippen LogP contribution in [0.25, 0.3) is 0 Å². The van der Waals surface area contributed by atoms with E-state index in [1.807, 2.05) is 47.5 Å². The molecule has 0 bridgehead atoms. The monoisotopic (exact) mass is 457 g/mol. The van der Waals surface area contributed by atoms with E-state index in [4.69, 9.17) is 16.7 Å². The van der Waals surface area contributed by atoms with E-state index in [1.54, 1.807) is 11.6 Å². The minimum absolute atomic E-state index is 0.0745. The van der Waals surface area contributed by atoms with Gasteiger partial charge in [-0.2, -0.15) is 5.10 Å². The third kappa shape index (κ3) is 4.22. The van der Waals surface area contributed by atoms with Crippen LogP contribution in [-0.4, -0.2) is 26.6 Å². The molecule has 1 atom stereocenters. The summed E-state index contributed by atoms with van der Waals surface area (Å²) in [5, 5.41) is 12.1. The quantitative estimate of drug-likeness (QED) is 0.440. The van der Waals surface area contributed by atoms with Gasteiger partial charge in [0, 0.05) is 18.0 Å². The Hall–Kier alpha value is -3.64. The van der Waals surface area contributed by atoms with Crippen LogP contribution in [0.5, 0.6) is 0 Å². The Kier molecular flexibility index (Phi) is 5.60. The van der Waals surface area contributed by atoms with E-state index in [0.29, 0.717) is 24.1 Å². The fraction of sp³-hybridized carbons (Fsp3) is 0.192. The molecule has 1 aromatic heterocycles. The Balaban J connectivity index is 1.51. The number of halogens is 1. The fourth-order valence-corrected chi connectivity index (χ4v) is 4.25. The standard InChI is InChI=1S/C26H24ClN5O/c1-18-8-12-21(13-9-18)24-23(20-6-4-3-5-7-20)17-31(28-24)25-29-32(26(33)30(25)2)16-19-10-14-22(27)15-11-19/h3-15,23H,16-17H2,1-2H3/t23-/m1/s1. The van der Waals surface area contributed by atoms with Crippen LogP contribution >= 0.6 is 11.6 Å². The van der Waals surface area contributed by atoms with Crippen LogP contribution in [0, 0.1) is 6.92 Å². The molecule has 166 valence electrons. The first-order valence-electron chi connectivity index (χ1n) is 10.9. The molecule has 0 radical (unpaired) electrons. The molecule has 0 saturated heterocycles. The number of hydrazone groups is 1. The lowest BCUT2D eigenvalue weighted by Gasteiger charge is -2.15. The molecule has 5 rings (SSSR count). The molecule has 0 N–H and O–H groups in total. The summed E-state index contributed by atoms with van der Waals surface area (Å²) in [4.78, 5) is 12.9. The normalized spacial score (nSPS) is 15.7. The van der Waals surface area contributed by atoms with Crippen molar-refractivity contribution >= 4 is 23.3 Å². The number of hydrogen-bond donors (Lipinski definition) is 0. The van der Waals surface area contributed by atoms with Gasteiger partial charge >= 0.3 is 5.69 Å². The SMILES string of the molecule is Cc1ccc(C2=NN(c3nn(Cc4ccc(Cl)cc4)c(=O)n3C)C[C@@H]2c2ccccc2)cc1. The van der Waals surface area contributed by atoms with E-state index in [-0.39, 0.29) is 11.6 Å². The van der Waals surface area contributed by atoms with E-state index < -0.39 is 0 Å². The van der Waals surface area contributed by atoms with Gasteiger partial charge in [-0.3, -0.25) is 4.57 Å². The molecule has 7 heteroatoms. The average molecular weight is 458 g/mol. The summed E-state index contributed by atoms with van der Waals surface area (Å²) in [5.74, 6) is 0.599.